The predicted molar refractivity (Wildman–Crippen MR) is 130 cm³/mol. The van der Waals surface area contributed by atoms with Gasteiger partial charge in [-0.3, -0.25) is 4.79 Å². The van der Waals surface area contributed by atoms with Crippen LogP contribution in [0.3, 0.4) is 0 Å². The number of nitrogens with zero attached hydrogens (tertiary/aromatic N) is 3. The first-order chi connectivity index (χ1) is 16.0. The van der Waals surface area contributed by atoms with Crippen molar-refractivity contribution in [1.82, 2.24) is 15.6 Å². The number of rotatable bonds is 7. The first-order valence-electron chi connectivity index (χ1n) is 10.1. The SMILES string of the molecule is CC(=NNC(=O)CSc1n[nH]c(-c2ccccc2)[n+]1-c1ccc(Br)cc1)c1ccc([O-])cc1. The molecule has 0 aliphatic rings. The van der Waals surface area contributed by atoms with E-state index in [-0.39, 0.29) is 17.4 Å². The Morgan fingerprint density at radius 3 is 2.48 bits per heavy atom. The number of aromatic nitrogens is 3. The normalized spacial score (nSPS) is 11.4. The van der Waals surface area contributed by atoms with Crippen LogP contribution in [0.1, 0.15) is 12.5 Å². The molecule has 1 amide bonds. The van der Waals surface area contributed by atoms with Crippen LogP contribution in [0.2, 0.25) is 0 Å². The van der Waals surface area contributed by atoms with Crippen molar-refractivity contribution in [3.8, 4) is 22.8 Å². The number of hydrogen-bond donors (Lipinski definition) is 2. The summed E-state index contributed by atoms with van der Waals surface area (Å²) in [4.78, 5) is 12.4. The minimum atomic E-state index is -0.258. The Balaban J connectivity index is 1.51. The first-order valence-corrected chi connectivity index (χ1v) is 11.8. The summed E-state index contributed by atoms with van der Waals surface area (Å²) < 4.78 is 2.96. The molecule has 0 aliphatic carbocycles. The molecule has 0 atom stereocenters. The van der Waals surface area contributed by atoms with Gasteiger partial charge < -0.3 is 5.11 Å². The van der Waals surface area contributed by atoms with Crippen LogP contribution in [0.25, 0.3) is 17.1 Å². The van der Waals surface area contributed by atoms with Gasteiger partial charge in [0.25, 0.3) is 11.7 Å². The van der Waals surface area contributed by atoms with E-state index in [0.29, 0.717) is 10.9 Å². The Morgan fingerprint density at radius 2 is 1.79 bits per heavy atom. The van der Waals surface area contributed by atoms with Gasteiger partial charge in [-0.1, -0.05) is 58.4 Å². The molecule has 0 bridgehead atoms. The van der Waals surface area contributed by atoms with Gasteiger partial charge in [-0.15, -0.1) is 10.8 Å². The summed E-state index contributed by atoms with van der Waals surface area (Å²) in [6.45, 7) is 1.77. The van der Waals surface area contributed by atoms with E-state index in [1.54, 1.807) is 19.1 Å². The van der Waals surface area contributed by atoms with Gasteiger partial charge in [0.1, 0.15) is 5.69 Å². The van der Waals surface area contributed by atoms with E-state index >= 15 is 0 Å². The fourth-order valence-electron chi connectivity index (χ4n) is 3.08. The smallest absolute Gasteiger partial charge is 0.342 e. The van der Waals surface area contributed by atoms with Crippen molar-refractivity contribution in [3.05, 3.63) is 88.9 Å². The van der Waals surface area contributed by atoms with Gasteiger partial charge in [-0.25, -0.2) is 5.43 Å². The van der Waals surface area contributed by atoms with Crippen LogP contribution < -0.4 is 15.1 Å². The molecular formula is C24H20BrN5O2S. The minimum absolute atomic E-state index is 0.0695. The first kappa shape index (κ1) is 22.8. The van der Waals surface area contributed by atoms with Crippen molar-refractivity contribution in [2.75, 3.05) is 5.75 Å². The zero-order valence-corrected chi connectivity index (χ0v) is 20.1. The Hall–Kier alpha value is -3.43. The average Bonchev–Trinajstić information content (AvgIpc) is 3.26. The zero-order chi connectivity index (χ0) is 23.2. The molecular weight excluding hydrogens is 502 g/mol. The highest BCUT2D eigenvalue weighted by Gasteiger charge is 2.24. The van der Waals surface area contributed by atoms with E-state index < -0.39 is 0 Å². The maximum Gasteiger partial charge on any atom is 0.342 e. The monoisotopic (exact) mass is 521 g/mol. The Bertz CT molecular complexity index is 1270. The number of halogens is 1. The summed E-state index contributed by atoms with van der Waals surface area (Å²) in [5.41, 5.74) is 5.86. The number of benzene rings is 3. The molecule has 0 saturated heterocycles. The second-order valence-corrected chi connectivity index (χ2v) is 8.94. The molecule has 4 aromatic rings. The second kappa shape index (κ2) is 10.5. The number of carbonyl (C=O) groups is 1. The number of hydrogen-bond acceptors (Lipinski definition) is 5. The summed E-state index contributed by atoms with van der Waals surface area (Å²) in [5, 5.41) is 23.6. The second-order valence-electron chi connectivity index (χ2n) is 7.08. The zero-order valence-electron chi connectivity index (χ0n) is 17.7. The Kier molecular flexibility index (Phi) is 7.21. The van der Waals surface area contributed by atoms with Crippen LogP contribution in [-0.2, 0) is 4.79 Å². The van der Waals surface area contributed by atoms with E-state index in [9.17, 15) is 9.90 Å². The molecule has 33 heavy (non-hydrogen) atoms. The maximum absolute atomic E-state index is 12.4. The molecule has 9 heteroatoms. The molecule has 0 aliphatic heterocycles. The van der Waals surface area contributed by atoms with Gasteiger partial charge in [-0.05, 0) is 60.6 Å². The number of nitrogens with one attached hydrogen (secondary N) is 2. The number of hydrazone groups is 1. The lowest BCUT2D eigenvalue weighted by Crippen LogP contribution is -2.34. The quantitative estimate of drug-likeness (QED) is 0.167. The lowest BCUT2D eigenvalue weighted by Gasteiger charge is -2.06. The molecule has 0 radical (unpaired) electrons. The van der Waals surface area contributed by atoms with Crippen LogP contribution in [0.4, 0.5) is 0 Å². The number of amides is 1. The van der Waals surface area contributed by atoms with Crippen molar-refractivity contribution in [1.29, 1.82) is 0 Å². The maximum atomic E-state index is 12.4. The van der Waals surface area contributed by atoms with E-state index in [1.165, 1.54) is 23.9 Å². The molecule has 7 nitrogen and oxygen atoms in total. The topological polar surface area (TPSA) is 97.1 Å². The van der Waals surface area contributed by atoms with Crippen LogP contribution in [0.15, 0.2) is 93.6 Å². The summed E-state index contributed by atoms with van der Waals surface area (Å²) in [5.74, 6) is 0.620. The average molecular weight is 522 g/mol. The highest BCUT2D eigenvalue weighted by Crippen LogP contribution is 2.21. The van der Waals surface area contributed by atoms with Crippen LogP contribution in [0.5, 0.6) is 5.75 Å². The highest BCUT2D eigenvalue weighted by atomic mass is 79.9. The number of aromatic amines is 1. The van der Waals surface area contributed by atoms with Crippen molar-refractivity contribution < 1.29 is 14.5 Å². The predicted octanol–water partition coefficient (Wildman–Crippen LogP) is 3.82. The lowest BCUT2D eigenvalue weighted by atomic mass is 10.1. The third kappa shape index (κ3) is 5.68. The minimum Gasteiger partial charge on any atom is -0.872 e. The Morgan fingerprint density at radius 1 is 1.09 bits per heavy atom. The molecule has 166 valence electrons. The van der Waals surface area contributed by atoms with Crippen molar-refractivity contribution >= 4 is 39.3 Å². The van der Waals surface area contributed by atoms with E-state index in [0.717, 1.165) is 27.1 Å². The molecule has 2 N–H and O–H groups in total. The van der Waals surface area contributed by atoms with E-state index in [4.69, 9.17) is 0 Å². The largest absolute Gasteiger partial charge is 0.872 e. The number of thioether (sulfide) groups is 1. The molecule has 1 aromatic heterocycles. The van der Waals surface area contributed by atoms with Crippen LogP contribution in [-0.4, -0.2) is 27.6 Å². The third-order valence-corrected chi connectivity index (χ3v) is 6.22. The van der Waals surface area contributed by atoms with Crippen molar-refractivity contribution in [2.24, 2.45) is 5.10 Å². The molecule has 1 heterocycles. The summed E-state index contributed by atoms with van der Waals surface area (Å²) in [7, 11) is 0. The van der Waals surface area contributed by atoms with Gasteiger partial charge in [0.2, 0.25) is 0 Å². The van der Waals surface area contributed by atoms with Gasteiger partial charge in [0, 0.05) is 4.47 Å². The number of carbonyl (C=O) groups excluding carboxylic acids is 1. The number of H-pyrrole nitrogens is 1. The van der Waals surface area contributed by atoms with Crippen molar-refractivity contribution in [2.45, 2.75) is 12.1 Å². The highest BCUT2D eigenvalue weighted by molar-refractivity contribution is 9.10. The summed E-state index contributed by atoms with van der Waals surface area (Å²) >= 11 is 4.78. The standard InChI is InChI=1S/C24H20BrN5O2S/c1-16(17-7-13-21(31)14-8-17)26-27-22(32)15-33-24-29-28-23(18-5-3-2-4-6-18)30(24)20-11-9-19(25)10-12-20/h2-14H,15H2,1H3,(H2,26,27,31,32). The molecule has 0 fully saturated rings. The van der Waals surface area contributed by atoms with Crippen molar-refractivity contribution in [3.63, 3.8) is 0 Å². The van der Waals surface area contributed by atoms with Crippen LogP contribution >= 0.6 is 27.7 Å². The van der Waals surface area contributed by atoms with E-state index in [2.05, 4.69) is 36.7 Å². The summed E-state index contributed by atoms with van der Waals surface area (Å²) in [6.07, 6.45) is 0. The van der Waals surface area contributed by atoms with Gasteiger partial charge >= 0.3 is 5.16 Å². The Labute approximate surface area is 203 Å². The van der Waals surface area contributed by atoms with E-state index in [1.807, 2.05) is 59.2 Å². The molecule has 0 unspecified atom stereocenters. The molecule has 0 saturated carbocycles. The lowest BCUT2D eigenvalue weighted by molar-refractivity contribution is -0.625. The fourth-order valence-corrected chi connectivity index (χ4v) is 4.11. The molecule has 3 aromatic carbocycles. The molecule has 4 rings (SSSR count). The van der Waals surface area contributed by atoms with Crippen LogP contribution in [0, 0.1) is 0 Å². The van der Waals surface area contributed by atoms with Gasteiger partial charge in [0.05, 0.1) is 22.1 Å². The van der Waals surface area contributed by atoms with Gasteiger partial charge in [0.15, 0.2) is 0 Å². The fraction of sp³-hybridized carbons (Fsp3) is 0.0833. The third-order valence-electron chi connectivity index (χ3n) is 4.76. The van der Waals surface area contributed by atoms with Gasteiger partial charge in [-0.2, -0.15) is 9.67 Å². The summed E-state index contributed by atoms with van der Waals surface area (Å²) in [6, 6.07) is 24.1. The molecule has 0 spiro atoms.